The third kappa shape index (κ3) is 6.13. The second-order valence-corrected chi connectivity index (χ2v) is 8.98. The summed E-state index contributed by atoms with van der Waals surface area (Å²) in [6.45, 7) is 7.78. The molecule has 0 unspecified atom stereocenters. The summed E-state index contributed by atoms with van der Waals surface area (Å²) >= 11 is 0. The van der Waals surface area contributed by atoms with Crippen LogP contribution in [0.2, 0.25) is 0 Å². The van der Waals surface area contributed by atoms with Crippen LogP contribution in [-0.4, -0.2) is 27.3 Å². The Morgan fingerprint density at radius 2 is 1.88 bits per heavy atom. The van der Waals surface area contributed by atoms with Gasteiger partial charge in [0.2, 0.25) is 0 Å². The molecule has 1 N–H and O–H groups in total. The van der Waals surface area contributed by atoms with Crippen LogP contribution in [0.4, 0.5) is 10.5 Å². The van der Waals surface area contributed by atoms with E-state index < -0.39 is 22.1 Å². The number of hydrogen-bond acceptors (Lipinski definition) is 8. The molecule has 0 bridgehead atoms. The lowest BCUT2D eigenvalue weighted by atomic mass is 9.93. The zero-order valence-corrected chi connectivity index (χ0v) is 19.2. The van der Waals surface area contributed by atoms with Crippen molar-refractivity contribution >= 4 is 28.4 Å². The maximum Gasteiger partial charge on any atom is 0.521 e. The normalized spacial score (nSPS) is 14.9. The Morgan fingerprint density at radius 1 is 1.16 bits per heavy atom. The van der Waals surface area contributed by atoms with Crippen LogP contribution in [0.5, 0.6) is 11.5 Å². The molecule has 0 radical (unpaired) electrons. The number of benzene rings is 2. The van der Waals surface area contributed by atoms with E-state index >= 15 is 0 Å². The minimum Gasteiger partial charge on any atom is -0.493 e. The minimum absolute atomic E-state index is 0.146. The van der Waals surface area contributed by atoms with Crippen LogP contribution in [0, 0.1) is 13.8 Å². The van der Waals surface area contributed by atoms with Gasteiger partial charge >= 0.3 is 16.5 Å². The molecule has 2 aromatic rings. The fourth-order valence-corrected chi connectivity index (χ4v) is 3.63. The lowest BCUT2D eigenvalue weighted by Crippen LogP contribution is -2.34. The summed E-state index contributed by atoms with van der Waals surface area (Å²) in [4.78, 5) is 11.7. The van der Waals surface area contributed by atoms with Gasteiger partial charge in [0.25, 0.3) is 0 Å². The SMILES string of the molecule is Cc1ccc(OS(=O)(=O)ON=CCCCOc2cc3c(cc2C)NC(=O)OC3(C)C)cc1. The lowest BCUT2D eigenvalue weighted by Gasteiger charge is -2.33. The van der Waals surface area contributed by atoms with E-state index in [2.05, 4.69) is 14.8 Å². The topological polar surface area (TPSA) is 113 Å². The summed E-state index contributed by atoms with van der Waals surface area (Å²) in [5.41, 5.74) is 2.61. The van der Waals surface area contributed by atoms with Crippen LogP contribution in [-0.2, 0) is 25.0 Å². The summed E-state index contributed by atoms with van der Waals surface area (Å²) < 4.78 is 44.0. The minimum atomic E-state index is -4.28. The van der Waals surface area contributed by atoms with Gasteiger partial charge in [0.05, 0.1) is 12.3 Å². The molecule has 0 spiro atoms. The number of fused-ring (bicyclic) bond motifs is 1. The van der Waals surface area contributed by atoms with Crippen LogP contribution in [0.1, 0.15) is 43.4 Å². The number of carbonyl (C=O) groups is 1. The van der Waals surface area contributed by atoms with Gasteiger partial charge in [-0.25, -0.2) is 9.08 Å². The van der Waals surface area contributed by atoms with E-state index in [0.29, 0.717) is 30.9 Å². The third-order valence-corrected chi connectivity index (χ3v) is 5.38. The zero-order valence-electron chi connectivity index (χ0n) is 18.4. The zero-order chi connectivity index (χ0) is 23.4. The number of aryl methyl sites for hydroxylation is 2. The summed E-state index contributed by atoms with van der Waals surface area (Å²) in [5.74, 6) is 0.826. The molecule has 0 fully saturated rings. The van der Waals surface area contributed by atoms with Crippen molar-refractivity contribution in [2.45, 2.75) is 46.1 Å². The molecule has 1 amide bonds. The fraction of sp³-hybridized carbons (Fsp3) is 0.364. The Kier molecular flexibility index (Phi) is 6.93. The molecule has 1 heterocycles. The van der Waals surface area contributed by atoms with Crippen molar-refractivity contribution in [3.8, 4) is 11.5 Å². The Labute approximate surface area is 187 Å². The Morgan fingerprint density at radius 3 is 2.59 bits per heavy atom. The van der Waals surface area contributed by atoms with Gasteiger partial charge in [0.1, 0.15) is 17.1 Å². The first kappa shape index (κ1) is 23.4. The van der Waals surface area contributed by atoms with Crippen molar-refractivity contribution in [3.63, 3.8) is 0 Å². The quantitative estimate of drug-likeness (QED) is 0.329. The lowest BCUT2D eigenvalue weighted by molar-refractivity contribution is 0.0418. The van der Waals surface area contributed by atoms with Gasteiger partial charge in [-0.2, -0.15) is 0 Å². The number of ether oxygens (including phenoxy) is 2. The van der Waals surface area contributed by atoms with E-state index in [-0.39, 0.29) is 5.75 Å². The summed E-state index contributed by atoms with van der Waals surface area (Å²) in [7, 11) is -4.28. The number of oxime groups is 1. The maximum atomic E-state index is 11.8. The third-order valence-electron chi connectivity index (χ3n) is 4.71. The summed E-state index contributed by atoms with van der Waals surface area (Å²) in [5, 5.41) is 6.15. The monoisotopic (exact) mass is 462 g/mol. The smallest absolute Gasteiger partial charge is 0.493 e. The Bertz CT molecular complexity index is 1110. The molecule has 0 saturated heterocycles. The van der Waals surface area contributed by atoms with Crippen molar-refractivity contribution in [1.29, 1.82) is 0 Å². The number of hydrogen-bond donors (Lipinski definition) is 1. The van der Waals surface area contributed by atoms with Gasteiger partial charge in [-0.1, -0.05) is 22.9 Å². The van der Waals surface area contributed by atoms with E-state index in [1.165, 1.54) is 18.3 Å². The van der Waals surface area contributed by atoms with Crippen LogP contribution < -0.4 is 14.2 Å². The van der Waals surface area contributed by atoms with Crippen LogP contribution in [0.25, 0.3) is 0 Å². The highest BCUT2D eigenvalue weighted by Crippen LogP contribution is 2.39. The molecule has 0 saturated carbocycles. The number of unbranched alkanes of at least 4 members (excludes halogenated alkanes) is 1. The molecule has 3 rings (SSSR count). The van der Waals surface area contributed by atoms with Crippen LogP contribution >= 0.6 is 0 Å². The molecule has 172 valence electrons. The van der Waals surface area contributed by atoms with Gasteiger partial charge in [-0.3, -0.25) is 5.32 Å². The first-order valence-electron chi connectivity index (χ1n) is 10.1. The van der Waals surface area contributed by atoms with E-state index in [0.717, 1.165) is 16.7 Å². The molecule has 2 aromatic carbocycles. The molecule has 1 aliphatic heterocycles. The van der Waals surface area contributed by atoms with Crippen molar-refractivity contribution < 1.29 is 31.2 Å². The van der Waals surface area contributed by atoms with E-state index in [4.69, 9.17) is 13.7 Å². The molecule has 0 atom stereocenters. The number of nitrogens with zero attached hydrogens (tertiary/aromatic N) is 1. The molecular formula is C22H26N2O7S. The number of nitrogens with one attached hydrogen (secondary N) is 1. The maximum absolute atomic E-state index is 11.8. The van der Waals surface area contributed by atoms with Gasteiger partial charge in [0.15, 0.2) is 0 Å². The molecule has 0 aromatic heterocycles. The van der Waals surface area contributed by atoms with E-state index in [1.54, 1.807) is 12.1 Å². The molecule has 10 heteroatoms. The van der Waals surface area contributed by atoms with Crippen molar-refractivity contribution in [1.82, 2.24) is 0 Å². The predicted octanol–water partition coefficient (Wildman–Crippen LogP) is 4.59. The number of anilines is 1. The Balaban J connectivity index is 1.46. The predicted molar refractivity (Wildman–Crippen MR) is 119 cm³/mol. The van der Waals surface area contributed by atoms with Crippen molar-refractivity contribution in [3.05, 3.63) is 53.1 Å². The molecular weight excluding hydrogens is 436 g/mol. The fourth-order valence-electron chi connectivity index (χ4n) is 3.09. The standard InChI is InChI=1S/C22H26N2O7S/c1-15-7-9-17(10-8-15)30-32(26,27)31-23-11-5-6-12-28-20-14-18-19(13-16(20)2)24-21(25)29-22(18,3)4/h7-11,13-14H,5-6,12H2,1-4H3,(H,24,25). The summed E-state index contributed by atoms with van der Waals surface area (Å²) in [6, 6.07) is 10.2. The average molecular weight is 463 g/mol. The van der Waals surface area contributed by atoms with Crippen LogP contribution in [0.3, 0.4) is 0 Å². The second kappa shape index (κ2) is 9.47. The highest BCUT2D eigenvalue weighted by molar-refractivity contribution is 7.82. The van der Waals surface area contributed by atoms with Gasteiger partial charge in [-0.05, 0) is 70.4 Å². The number of carbonyl (C=O) groups excluding carboxylic acids is 1. The highest BCUT2D eigenvalue weighted by atomic mass is 32.3. The molecule has 1 aliphatic rings. The van der Waals surface area contributed by atoms with Gasteiger partial charge in [0, 0.05) is 11.8 Å². The number of amides is 1. The van der Waals surface area contributed by atoms with E-state index in [9.17, 15) is 13.2 Å². The number of rotatable bonds is 9. The highest BCUT2D eigenvalue weighted by Gasteiger charge is 2.34. The number of cyclic esters (lactones) is 1. The molecule has 32 heavy (non-hydrogen) atoms. The molecule has 0 aliphatic carbocycles. The van der Waals surface area contributed by atoms with Gasteiger partial charge in [-0.15, -0.1) is 8.42 Å². The average Bonchev–Trinajstić information content (AvgIpc) is 2.68. The first-order chi connectivity index (χ1) is 15.1. The largest absolute Gasteiger partial charge is 0.521 e. The molecule has 9 nitrogen and oxygen atoms in total. The first-order valence-corrected chi connectivity index (χ1v) is 11.4. The van der Waals surface area contributed by atoms with Crippen molar-refractivity contribution in [2.24, 2.45) is 5.16 Å². The van der Waals surface area contributed by atoms with Gasteiger partial charge < -0.3 is 13.7 Å². The Hall–Kier alpha value is -3.27. The van der Waals surface area contributed by atoms with Crippen molar-refractivity contribution in [2.75, 3.05) is 11.9 Å². The summed E-state index contributed by atoms with van der Waals surface area (Å²) in [6.07, 6.45) is 1.88. The second-order valence-electron chi connectivity index (χ2n) is 7.85. The van der Waals surface area contributed by atoms with E-state index in [1.807, 2.05) is 39.8 Å². The van der Waals surface area contributed by atoms with Crippen LogP contribution in [0.15, 0.2) is 41.6 Å².